The van der Waals surface area contributed by atoms with E-state index in [1.165, 1.54) is 19.3 Å². The zero-order chi connectivity index (χ0) is 21.2. The molecule has 7 nitrogen and oxygen atoms in total. The smallest absolute Gasteiger partial charge is 0.280 e. The standard InChI is InChI=1S/C22H27ClN6O/c23-18-9-4-6-16(12-18)15-25-29-22(17-7-2-1-3-8-17)26-19-10-5-11-20(13-19)27-28-21(30)14-24/h4-6,9-14,17,24-25,27H,1-3,7-8,15H2,(H,26,29)(H,28,30). The molecule has 0 unspecified atom stereocenters. The van der Waals surface area contributed by atoms with Crippen LogP contribution in [0.15, 0.2) is 53.5 Å². The molecule has 3 rings (SSSR count). The van der Waals surface area contributed by atoms with E-state index in [-0.39, 0.29) is 0 Å². The first-order valence-electron chi connectivity index (χ1n) is 10.1. The lowest BCUT2D eigenvalue weighted by molar-refractivity contribution is -0.114. The Morgan fingerprint density at radius 2 is 1.90 bits per heavy atom. The Morgan fingerprint density at radius 3 is 2.67 bits per heavy atom. The van der Waals surface area contributed by atoms with Crippen LogP contribution >= 0.6 is 11.6 Å². The molecule has 0 atom stereocenters. The Labute approximate surface area is 181 Å². The van der Waals surface area contributed by atoms with Gasteiger partial charge < -0.3 is 10.8 Å². The quantitative estimate of drug-likeness (QED) is 0.246. The highest BCUT2D eigenvalue weighted by Gasteiger charge is 2.19. The van der Waals surface area contributed by atoms with Gasteiger partial charge in [0.2, 0.25) is 0 Å². The highest BCUT2D eigenvalue weighted by molar-refractivity contribution is 6.30. The van der Waals surface area contributed by atoms with Gasteiger partial charge in [-0.2, -0.15) is 0 Å². The number of hydrogen-bond acceptors (Lipinski definition) is 5. The minimum absolute atomic E-state index is 0.375. The number of rotatable bonds is 8. The fourth-order valence-corrected chi connectivity index (χ4v) is 3.66. The van der Waals surface area contributed by atoms with Crippen molar-refractivity contribution < 1.29 is 4.79 Å². The normalized spacial score (nSPS) is 14.8. The lowest BCUT2D eigenvalue weighted by Crippen LogP contribution is -2.41. The lowest BCUT2D eigenvalue weighted by Gasteiger charge is -2.24. The van der Waals surface area contributed by atoms with E-state index in [4.69, 9.17) is 22.0 Å². The highest BCUT2D eigenvalue weighted by Crippen LogP contribution is 2.26. The van der Waals surface area contributed by atoms with Crippen molar-refractivity contribution in [2.45, 2.75) is 38.6 Å². The Hall–Kier alpha value is -2.90. The van der Waals surface area contributed by atoms with Crippen molar-refractivity contribution in [1.29, 1.82) is 5.41 Å². The second kappa shape index (κ2) is 11.3. The van der Waals surface area contributed by atoms with Crippen LogP contribution in [0.25, 0.3) is 0 Å². The van der Waals surface area contributed by atoms with Crippen molar-refractivity contribution in [2.24, 2.45) is 10.9 Å². The summed E-state index contributed by atoms with van der Waals surface area (Å²) in [6, 6.07) is 15.2. The van der Waals surface area contributed by atoms with Crippen LogP contribution in [0.4, 0.5) is 11.4 Å². The van der Waals surface area contributed by atoms with Gasteiger partial charge in [-0.25, -0.2) is 10.4 Å². The third kappa shape index (κ3) is 6.86. The van der Waals surface area contributed by atoms with Crippen LogP contribution in [0.5, 0.6) is 0 Å². The third-order valence-corrected chi connectivity index (χ3v) is 5.18. The molecule has 0 aromatic heterocycles. The Kier molecular flexibility index (Phi) is 8.23. The van der Waals surface area contributed by atoms with Gasteiger partial charge in [0.25, 0.3) is 5.91 Å². The molecule has 2 aromatic rings. The number of hydrazine groups is 2. The van der Waals surface area contributed by atoms with Crippen LogP contribution in [-0.4, -0.2) is 18.0 Å². The van der Waals surface area contributed by atoms with E-state index in [1.54, 1.807) is 0 Å². The largest absolute Gasteiger partial charge is 0.309 e. The Morgan fingerprint density at radius 1 is 1.10 bits per heavy atom. The molecule has 1 fully saturated rings. The van der Waals surface area contributed by atoms with Gasteiger partial charge >= 0.3 is 0 Å². The van der Waals surface area contributed by atoms with E-state index in [0.717, 1.165) is 35.0 Å². The van der Waals surface area contributed by atoms with Crippen LogP contribution < -0.4 is 21.7 Å². The molecule has 1 aliphatic carbocycles. The molecule has 0 aliphatic heterocycles. The number of benzene rings is 2. The number of halogens is 1. The zero-order valence-electron chi connectivity index (χ0n) is 16.7. The fraction of sp³-hybridized carbons (Fsp3) is 0.318. The number of nitrogens with one attached hydrogen (secondary N) is 5. The Balaban J connectivity index is 1.70. The van der Waals surface area contributed by atoms with Gasteiger partial charge in [-0.05, 0) is 48.7 Å². The summed E-state index contributed by atoms with van der Waals surface area (Å²) in [6.07, 6.45) is 6.61. The number of amides is 1. The first-order chi connectivity index (χ1) is 14.6. The minimum Gasteiger partial charge on any atom is -0.309 e. The molecule has 2 aromatic carbocycles. The van der Waals surface area contributed by atoms with Crippen molar-refractivity contribution in [1.82, 2.24) is 16.3 Å². The number of anilines is 1. The predicted molar refractivity (Wildman–Crippen MR) is 122 cm³/mol. The lowest BCUT2D eigenvalue weighted by atomic mass is 9.88. The summed E-state index contributed by atoms with van der Waals surface area (Å²) in [4.78, 5) is 16.1. The molecule has 1 aliphatic rings. The van der Waals surface area contributed by atoms with Crippen molar-refractivity contribution in [3.8, 4) is 0 Å². The molecular weight excluding hydrogens is 400 g/mol. The van der Waals surface area contributed by atoms with Crippen molar-refractivity contribution >= 4 is 40.9 Å². The number of carbonyl (C=O) groups is 1. The molecule has 30 heavy (non-hydrogen) atoms. The fourth-order valence-electron chi connectivity index (χ4n) is 3.44. The maximum atomic E-state index is 11.2. The van der Waals surface area contributed by atoms with Gasteiger partial charge in [-0.15, -0.1) is 0 Å². The van der Waals surface area contributed by atoms with E-state index in [1.807, 2.05) is 48.5 Å². The topological polar surface area (TPSA) is 101 Å². The van der Waals surface area contributed by atoms with E-state index in [9.17, 15) is 4.79 Å². The van der Waals surface area contributed by atoms with Gasteiger partial charge in [-0.1, -0.05) is 49.1 Å². The molecule has 1 saturated carbocycles. The minimum atomic E-state index is -0.515. The molecule has 158 valence electrons. The van der Waals surface area contributed by atoms with Gasteiger partial charge in [-0.3, -0.25) is 15.6 Å². The van der Waals surface area contributed by atoms with Crippen LogP contribution in [0.1, 0.15) is 37.7 Å². The van der Waals surface area contributed by atoms with Crippen molar-refractivity contribution in [3.63, 3.8) is 0 Å². The molecule has 5 N–H and O–H groups in total. The van der Waals surface area contributed by atoms with E-state index in [0.29, 0.717) is 24.4 Å². The molecule has 0 saturated heterocycles. The Bertz CT molecular complexity index is 895. The summed E-state index contributed by atoms with van der Waals surface area (Å²) < 4.78 is 0. The molecule has 0 radical (unpaired) electrons. The first-order valence-corrected chi connectivity index (χ1v) is 10.5. The summed E-state index contributed by atoms with van der Waals surface area (Å²) in [5, 5.41) is 7.66. The maximum Gasteiger partial charge on any atom is 0.280 e. The van der Waals surface area contributed by atoms with Gasteiger partial charge in [0.15, 0.2) is 0 Å². The van der Waals surface area contributed by atoms with Crippen molar-refractivity contribution in [2.75, 3.05) is 5.43 Å². The summed E-state index contributed by atoms with van der Waals surface area (Å²) in [5.74, 6) is 0.774. The highest BCUT2D eigenvalue weighted by atomic mass is 35.5. The van der Waals surface area contributed by atoms with E-state index >= 15 is 0 Å². The number of nitrogens with zero attached hydrogens (tertiary/aromatic N) is 1. The second-order valence-electron chi connectivity index (χ2n) is 7.25. The second-order valence-corrected chi connectivity index (χ2v) is 7.69. The molecule has 0 bridgehead atoms. The molecule has 0 heterocycles. The molecule has 1 amide bonds. The maximum absolute atomic E-state index is 11.2. The predicted octanol–water partition coefficient (Wildman–Crippen LogP) is 4.34. The van der Waals surface area contributed by atoms with Crippen LogP contribution in [0, 0.1) is 11.3 Å². The average molecular weight is 427 g/mol. The SMILES string of the molecule is N=CC(=O)NNc1cccc(N=C(NNCc2cccc(Cl)c2)C2CCCCC2)c1. The van der Waals surface area contributed by atoms with Gasteiger partial charge in [0.1, 0.15) is 5.84 Å². The first kappa shape index (κ1) is 21.8. The zero-order valence-corrected chi connectivity index (χ0v) is 17.5. The third-order valence-electron chi connectivity index (χ3n) is 4.95. The average Bonchev–Trinajstić information content (AvgIpc) is 2.78. The van der Waals surface area contributed by atoms with Gasteiger partial charge in [0, 0.05) is 17.5 Å². The number of carbonyl (C=O) groups excluding carboxylic acids is 1. The number of hydrogen-bond donors (Lipinski definition) is 5. The molecule has 0 spiro atoms. The summed E-state index contributed by atoms with van der Waals surface area (Å²) in [5.41, 5.74) is 14.4. The molecule has 8 heteroatoms. The van der Waals surface area contributed by atoms with Crippen LogP contribution in [0.2, 0.25) is 5.02 Å². The number of aliphatic imine (C=N–C) groups is 1. The van der Waals surface area contributed by atoms with Crippen LogP contribution in [0.3, 0.4) is 0 Å². The molecular formula is C22H27ClN6O. The van der Waals surface area contributed by atoms with E-state index < -0.39 is 5.91 Å². The number of amidine groups is 1. The van der Waals surface area contributed by atoms with Gasteiger partial charge in [0.05, 0.1) is 17.6 Å². The summed E-state index contributed by atoms with van der Waals surface area (Å²) in [6.45, 7) is 0.629. The van der Waals surface area contributed by atoms with E-state index in [2.05, 4.69) is 21.7 Å². The summed E-state index contributed by atoms with van der Waals surface area (Å²) >= 11 is 6.07. The summed E-state index contributed by atoms with van der Waals surface area (Å²) in [7, 11) is 0. The monoisotopic (exact) mass is 426 g/mol. The van der Waals surface area contributed by atoms with Crippen LogP contribution in [-0.2, 0) is 11.3 Å². The van der Waals surface area contributed by atoms with Crippen molar-refractivity contribution in [3.05, 3.63) is 59.1 Å².